The number of benzene rings is 1. The van der Waals surface area contributed by atoms with Crippen LogP contribution in [0.4, 0.5) is 0 Å². The zero-order valence-corrected chi connectivity index (χ0v) is 16.8. The van der Waals surface area contributed by atoms with Crippen molar-refractivity contribution in [2.45, 2.75) is 39.0 Å². The van der Waals surface area contributed by atoms with Gasteiger partial charge in [-0.25, -0.2) is 4.98 Å². The predicted octanol–water partition coefficient (Wildman–Crippen LogP) is 1.59. The van der Waals surface area contributed by atoms with Crippen molar-refractivity contribution in [3.63, 3.8) is 0 Å². The molecule has 8 heteroatoms. The Balaban J connectivity index is 1.83. The summed E-state index contributed by atoms with van der Waals surface area (Å²) < 4.78 is 12.9. The Morgan fingerprint density at radius 1 is 1.33 bits per heavy atom. The number of morpholine rings is 1. The Hall–Kier alpha value is -2.16. The third-order valence-corrected chi connectivity index (χ3v) is 6.05. The van der Waals surface area contributed by atoms with Gasteiger partial charge in [0.2, 0.25) is 10.8 Å². The van der Waals surface area contributed by atoms with Crippen LogP contribution in [-0.4, -0.2) is 52.1 Å². The van der Waals surface area contributed by atoms with Crippen molar-refractivity contribution in [3.8, 4) is 11.6 Å². The van der Waals surface area contributed by atoms with Crippen LogP contribution >= 0.6 is 11.3 Å². The van der Waals surface area contributed by atoms with E-state index >= 15 is 0 Å². The van der Waals surface area contributed by atoms with E-state index in [1.807, 2.05) is 25.1 Å². The number of ether oxygens (including phenoxy) is 2. The number of nitrogens with zero attached hydrogens (tertiary/aromatic N) is 3. The van der Waals surface area contributed by atoms with E-state index in [1.165, 1.54) is 20.8 Å². The van der Waals surface area contributed by atoms with Gasteiger partial charge < -0.3 is 19.5 Å². The van der Waals surface area contributed by atoms with Crippen LogP contribution in [0.1, 0.15) is 36.2 Å². The molecule has 144 valence electrons. The summed E-state index contributed by atoms with van der Waals surface area (Å²) in [5, 5.41) is 15.2. The van der Waals surface area contributed by atoms with Crippen molar-refractivity contribution in [2.75, 3.05) is 20.2 Å². The molecule has 0 bridgehead atoms. The number of aryl methyl sites for hydroxylation is 1. The Labute approximate surface area is 162 Å². The second kappa shape index (κ2) is 7.10. The minimum atomic E-state index is -0.0392. The Morgan fingerprint density at radius 2 is 2.07 bits per heavy atom. The maximum atomic E-state index is 10.9. The number of hydrogen-bond acceptors (Lipinski definition) is 6. The standard InChI is InChI=1S/C19H24N4O3S/c1-11-9-22(10-12(2)26-11)16(14-6-5-7-15(8-14)25-4)17-18(24)23-19(27-17)20-13(3)21-23/h5-8,11-12,16,24H,9-10H2,1-4H3/p+1/t11-,12-,16-/m1/s1. The molecule has 1 saturated heterocycles. The second-order valence-corrected chi connectivity index (χ2v) is 8.19. The SMILES string of the molecule is COc1cccc([C@H](c2sc3nc(C)nn3c2O)[NH+]2C[C@@H](C)O[C@H](C)C2)c1. The fraction of sp³-hybridized carbons (Fsp3) is 0.474. The van der Waals surface area contributed by atoms with Gasteiger partial charge in [-0.3, -0.25) is 0 Å². The molecule has 0 saturated carbocycles. The predicted molar refractivity (Wildman–Crippen MR) is 103 cm³/mol. The Bertz CT molecular complexity index is 944. The van der Waals surface area contributed by atoms with E-state index < -0.39 is 0 Å². The van der Waals surface area contributed by atoms with Crippen molar-refractivity contribution >= 4 is 16.3 Å². The first kappa shape index (κ1) is 18.2. The summed E-state index contributed by atoms with van der Waals surface area (Å²) in [5.74, 6) is 1.63. The molecule has 0 unspecified atom stereocenters. The van der Waals surface area contributed by atoms with Crippen LogP contribution < -0.4 is 9.64 Å². The maximum absolute atomic E-state index is 10.9. The molecule has 1 fully saturated rings. The number of aromatic hydroxyl groups is 1. The lowest BCUT2D eigenvalue weighted by molar-refractivity contribution is -0.939. The van der Waals surface area contributed by atoms with Crippen LogP contribution in [-0.2, 0) is 4.74 Å². The van der Waals surface area contributed by atoms with E-state index in [4.69, 9.17) is 9.47 Å². The van der Waals surface area contributed by atoms with Gasteiger partial charge in [0.25, 0.3) is 0 Å². The number of quaternary nitrogens is 1. The normalized spacial score (nSPS) is 24.2. The van der Waals surface area contributed by atoms with Crippen LogP contribution in [0.15, 0.2) is 24.3 Å². The molecule has 3 atom stereocenters. The van der Waals surface area contributed by atoms with Crippen molar-refractivity contribution in [1.82, 2.24) is 14.6 Å². The lowest BCUT2D eigenvalue weighted by Gasteiger charge is -2.37. The number of hydrogen-bond donors (Lipinski definition) is 2. The number of fused-ring (bicyclic) bond motifs is 1. The van der Waals surface area contributed by atoms with Crippen LogP contribution in [0.3, 0.4) is 0 Å². The summed E-state index contributed by atoms with van der Waals surface area (Å²) in [6.07, 6.45) is 0.312. The summed E-state index contributed by atoms with van der Waals surface area (Å²) in [4.78, 5) is 7.36. The Morgan fingerprint density at radius 3 is 2.74 bits per heavy atom. The van der Waals surface area contributed by atoms with Crippen molar-refractivity contribution < 1.29 is 19.5 Å². The number of rotatable bonds is 4. The highest BCUT2D eigenvalue weighted by atomic mass is 32.1. The van der Waals surface area contributed by atoms with Gasteiger partial charge in [-0.1, -0.05) is 23.5 Å². The summed E-state index contributed by atoms with van der Waals surface area (Å²) in [6, 6.07) is 8.02. The zero-order valence-electron chi connectivity index (χ0n) is 16.0. The van der Waals surface area contributed by atoms with E-state index in [9.17, 15) is 5.11 Å². The van der Waals surface area contributed by atoms with E-state index in [0.29, 0.717) is 10.8 Å². The first-order chi connectivity index (χ1) is 13.0. The van der Waals surface area contributed by atoms with Gasteiger partial charge in [0.1, 0.15) is 41.7 Å². The second-order valence-electron chi connectivity index (χ2n) is 7.18. The fourth-order valence-corrected chi connectivity index (χ4v) is 5.17. The van der Waals surface area contributed by atoms with E-state index in [1.54, 1.807) is 7.11 Å². The molecule has 3 aromatic rings. The largest absolute Gasteiger partial charge is 0.497 e. The molecule has 7 nitrogen and oxygen atoms in total. The molecule has 1 aromatic carbocycles. The average molecular weight is 390 g/mol. The highest BCUT2D eigenvalue weighted by Crippen LogP contribution is 2.36. The molecule has 0 amide bonds. The Kier molecular flexibility index (Phi) is 4.79. The van der Waals surface area contributed by atoms with Gasteiger partial charge in [-0.15, -0.1) is 5.10 Å². The molecule has 1 aliphatic heterocycles. The number of methoxy groups -OCH3 is 1. The van der Waals surface area contributed by atoms with Crippen molar-refractivity contribution in [1.29, 1.82) is 0 Å². The summed E-state index contributed by atoms with van der Waals surface area (Å²) in [7, 11) is 1.67. The minimum Gasteiger partial charge on any atom is -0.497 e. The lowest BCUT2D eigenvalue weighted by atomic mass is 10.0. The fourth-order valence-electron chi connectivity index (χ4n) is 3.98. The third kappa shape index (κ3) is 3.40. The molecule has 3 heterocycles. The maximum Gasteiger partial charge on any atom is 0.235 e. The molecule has 27 heavy (non-hydrogen) atoms. The van der Waals surface area contributed by atoms with Gasteiger partial charge in [-0.05, 0) is 32.9 Å². The summed E-state index contributed by atoms with van der Waals surface area (Å²) in [6.45, 7) is 7.75. The first-order valence-electron chi connectivity index (χ1n) is 9.15. The molecule has 4 rings (SSSR count). The van der Waals surface area contributed by atoms with Crippen LogP contribution in [0.5, 0.6) is 11.6 Å². The zero-order chi connectivity index (χ0) is 19.1. The van der Waals surface area contributed by atoms with Crippen LogP contribution in [0, 0.1) is 6.92 Å². The topological polar surface area (TPSA) is 73.3 Å². The molecule has 1 aliphatic rings. The smallest absolute Gasteiger partial charge is 0.235 e. The third-order valence-electron chi connectivity index (χ3n) is 4.97. The molecule has 0 radical (unpaired) electrons. The van der Waals surface area contributed by atoms with Gasteiger partial charge in [0.15, 0.2) is 6.04 Å². The molecular formula is C19H25N4O3S+. The molecule has 2 aromatic heterocycles. The van der Waals surface area contributed by atoms with Gasteiger partial charge in [0.05, 0.1) is 7.11 Å². The minimum absolute atomic E-state index is 0.0392. The van der Waals surface area contributed by atoms with E-state index in [-0.39, 0.29) is 24.1 Å². The van der Waals surface area contributed by atoms with E-state index in [0.717, 1.165) is 29.3 Å². The highest BCUT2D eigenvalue weighted by Gasteiger charge is 2.37. The van der Waals surface area contributed by atoms with Gasteiger partial charge >= 0.3 is 0 Å². The first-order valence-corrected chi connectivity index (χ1v) is 9.97. The van der Waals surface area contributed by atoms with Crippen LogP contribution in [0.25, 0.3) is 4.96 Å². The molecular weight excluding hydrogens is 364 g/mol. The van der Waals surface area contributed by atoms with Crippen molar-refractivity contribution in [2.24, 2.45) is 0 Å². The van der Waals surface area contributed by atoms with E-state index in [2.05, 4.69) is 30.0 Å². The monoisotopic (exact) mass is 389 g/mol. The molecule has 0 aliphatic carbocycles. The summed E-state index contributed by atoms with van der Waals surface area (Å²) >= 11 is 1.49. The molecule has 0 spiro atoms. The molecule has 2 N–H and O–H groups in total. The number of thiazole rings is 1. The summed E-state index contributed by atoms with van der Waals surface area (Å²) in [5.41, 5.74) is 1.10. The van der Waals surface area contributed by atoms with Gasteiger partial charge in [0, 0.05) is 5.56 Å². The lowest BCUT2D eigenvalue weighted by Crippen LogP contribution is -3.15. The van der Waals surface area contributed by atoms with Crippen LogP contribution in [0.2, 0.25) is 0 Å². The van der Waals surface area contributed by atoms with Crippen molar-refractivity contribution in [3.05, 3.63) is 40.5 Å². The quantitative estimate of drug-likeness (QED) is 0.709. The number of aromatic nitrogens is 3. The highest BCUT2D eigenvalue weighted by molar-refractivity contribution is 7.17. The number of nitrogens with one attached hydrogen (secondary N) is 1. The average Bonchev–Trinajstić information content (AvgIpc) is 3.12. The van der Waals surface area contributed by atoms with Gasteiger partial charge in [-0.2, -0.15) is 4.52 Å².